The number of ether oxygens (including phenoxy) is 1. The van der Waals surface area contributed by atoms with Gasteiger partial charge in [0.1, 0.15) is 5.69 Å². The van der Waals surface area contributed by atoms with Crippen LogP contribution < -0.4 is 4.90 Å². The van der Waals surface area contributed by atoms with Crippen molar-refractivity contribution < 1.29 is 14.4 Å². The van der Waals surface area contributed by atoms with Crippen LogP contribution >= 0.6 is 0 Å². The van der Waals surface area contributed by atoms with Crippen molar-refractivity contribution in [1.29, 1.82) is 0 Å². The first kappa shape index (κ1) is 23.5. The molecule has 0 radical (unpaired) electrons. The summed E-state index contributed by atoms with van der Waals surface area (Å²) in [6.07, 6.45) is 2.80. The lowest BCUT2D eigenvalue weighted by atomic mass is 10.1. The third-order valence-electron chi connectivity index (χ3n) is 6.02. The highest BCUT2D eigenvalue weighted by atomic mass is 16.5. The maximum atomic E-state index is 10.7. The Morgan fingerprint density at radius 3 is 2.45 bits per heavy atom. The molecule has 1 aromatic heterocycles. The van der Waals surface area contributed by atoms with Gasteiger partial charge in [-0.2, -0.15) is 0 Å². The Labute approximate surface area is 196 Å². The maximum Gasteiger partial charge on any atom is 0.232 e. The van der Waals surface area contributed by atoms with E-state index in [2.05, 4.69) is 34.0 Å². The summed E-state index contributed by atoms with van der Waals surface area (Å²) in [7, 11) is 0. The molecule has 176 valence electrons. The summed E-state index contributed by atoms with van der Waals surface area (Å²) < 4.78 is 11.7. The van der Waals surface area contributed by atoms with Crippen molar-refractivity contribution >= 4 is 5.88 Å². The smallest absolute Gasteiger partial charge is 0.232 e. The van der Waals surface area contributed by atoms with Crippen LogP contribution in [-0.4, -0.2) is 54.1 Å². The molecule has 1 aliphatic heterocycles. The Kier molecular flexibility index (Phi) is 8.53. The van der Waals surface area contributed by atoms with Gasteiger partial charge in [-0.1, -0.05) is 72.7 Å². The van der Waals surface area contributed by atoms with E-state index in [9.17, 15) is 5.11 Å². The van der Waals surface area contributed by atoms with Gasteiger partial charge in [-0.15, -0.1) is 0 Å². The van der Waals surface area contributed by atoms with Gasteiger partial charge in [0.25, 0.3) is 0 Å². The summed E-state index contributed by atoms with van der Waals surface area (Å²) in [5, 5.41) is 15.2. The van der Waals surface area contributed by atoms with Gasteiger partial charge < -0.3 is 19.3 Å². The van der Waals surface area contributed by atoms with Gasteiger partial charge in [0.2, 0.25) is 5.88 Å². The van der Waals surface area contributed by atoms with E-state index in [1.807, 2.05) is 48.5 Å². The van der Waals surface area contributed by atoms with Gasteiger partial charge in [-0.05, 0) is 31.4 Å². The second-order valence-corrected chi connectivity index (χ2v) is 8.76. The first-order chi connectivity index (χ1) is 16.2. The summed E-state index contributed by atoms with van der Waals surface area (Å²) in [6.45, 7) is 7.09. The molecular formula is C27H35N3O3. The Morgan fingerprint density at radius 1 is 1.06 bits per heavy atom. The zero-order valence-corrected chi connectivity index (χ0v) is 19.5. The fraction of sp³-hybridized carbons (Fsp3) is 0.444. The zero-order valence-electron chi connectivity index (χ0n) is 19.5. The molecule has 0 amide bonds. The predicted molar refractivity (Wildman–Crippen MR) is 131 cm³/mol. The second kappa shape index (κ2) is 12.0. The minimum Gasteiger partial charge on any atom is -0.389 e. The predicted octanol–water partition coefficient (Wildman–Crippen LogP) is 4.73. The Bertz CT molecular complexity index is 955. The summed E-state index contributed by atoms with van der Waals surface area (Å²) in [5.41, 5.74) is 4.18. The molecule has 2 aromatic carbocycles. The average Bonchev–Trinajstić information content (AvgIpc) is 3.50. The van der Waals surface area contributed by atoms with Crippen LogP contribution in [0, 0.1) is 0 Å². The van der Waals surface area contributed by atoms with Crippen molar-refractivity contribution in [3.05, 3.63) is 71.8 Å². The standard InChI is InChI=1S/C27H35N3O3/c1-2-15-29(18-24(31)21-32-20-22-11-5-3-6-12-22)19-25-26(23-13-7-4-8-14-23)28-33-27(25)30-16-9-10-17-30/h3-8,11-14,24,31H,2,9-10,15-21H2,1H3/t24-/m0/s1. The monoisotopic (exact) mass is 449 g/mol. The van der Waals surface area contributed by atoms with Gasteiger partial charge in [0.15, 0.2) is 0 Å². The molecule has 33 heavy (non-hydrogen) atoms. The van der Waals surface area contributed by atoms with Crippen LogP contribution in [0.15, 0.2) is 65.2 Å². The fourth-order valence-corrected chi connectivity index (χ4v) is 4.45. The number of hydrogen-bond donors (Lipinski definition) is 1. The lowest BCUT2D eigenvalue weighted by molar-refractivity contribution is 0.00858. The third kappa shape index (κ3) is 6.44. The van der Waals surface area contributed by atoms with Crippen LogP contribution in [-0.2, 0) is 17.9 Å². The first-order valence-electron chi connectivity index (χ1n) is 12.1. The molecule has 4 rings (SSSR count). The minimum atomic E-state index is -0.560. The zero-order chi connectivity index (χ0) is 22.9. The molecule has 0 spiro atoms. The van der Waals surface area contributed by atoms with E-state index >= 15 is 0 Å². The SMILES string of the molecule is CCCN(Cc1c(-c2ccccc2)noc1N1CCCC1)C[C@H](O)COCc1ccccc1. The summed E-state index contributed by atoms with van der Waals surface area (Å²) >= 11 is 0. The van der Waals surface area contributed by atoms with E-state index in [1.165, 1.54) is 12.8 Å². The fourth-order valence-electron chi connectivity index (χ4n) is 4.45. The van der Waals surface area contributed by atoms with Crippen molar-refractivity contribution in [3.8, 4) is 11.3 Å². The highest BCUT2D eigenvalue weighted by Crippen LogP contribution is 2.34. The Balaban J connectivity index is 1.45. The van der Waals surface area contributed by atoms with E-state index in [1.54, 1.807) is 0 Å². The van der Waals surface area contributed by atoms with E-state index < -0.39 is 6.10 Å². The summed E-state index contributed by atoms with van der Waals surface area (Å²) in [4.78, 5) is 4.59. The van der Waals surface area contributed by atoms with Crippen LogP contribution in [0.5, 0.6) is 0 Å². The van der Waals surface area contributed by atoms with Crippen molar-refractivity contribution in [1.82, 2.24) is 10.1 Å². The normalized spacial score (nSPS) is 14.8. The molecule has 1 saturated heterocycles. The van der Waals surface area contributed by atoms with Crippen molar-refractivity contribution in [2.75, 3.05) is 37.7 Å². The van der Waals surface area contributed by atoms with E-state index in [0.29, 0.717) is 26.3 Å². The highest BCUT2D eigenvalue weighted by molar-refractivity contribution is 5.68. The maximum absolute atomic E-state index is 10.7. The van der Waals surface area contributed by atoms with Gasteiger partial charge in [-0.3, -0.25) is 4.90 Å². The number of aliphatic hydroxyl groups is 1. The second-order valence-electron chi connectivity index (χ2n) is 8.76. The van der Waals surface area contributed by atoms with Crippen LogP contribution in [0.3, 0.4) is 0 Å². The number of hydrogen-bond acceptors (Lipinski definition) is 6. The van der Waals surface area contributed by atoms with Crippen LogP contribution in [0.2, 0.25) is 0 Å². The first-order valence-corrected chi connectivity index (χ1v) is 12.1. The van der Waals surface area contributed by atoms with Gasteiger partial charge in [-0.25, -0.2) is 0 Å². The lowest BCUT2D eigenvalue weighted by Crippen LogP contribution is -2.35. The molecule has 0 unspecified atom stereocenters. The van der Waals surface area contributed by atoms with Crippen molar-refractivity contribution in [3.63, 3.8) is 0 Å². The average molecular weight is 450 g/mol. The molecule has 0 bridgehead atoms. The molecule has 6 heteroatoms. The molecule has 0 saturated carbocycles. The number of aromatic nitrogens is 1. The number of anilines is 1. The number of rotatable bonds is 12. The quantitative estimate of drug-likeness (QED) is 0.431. The topological polar surface area (TPSA) is 62.0 Å². The van der Waals surface area contributed by atoms with Crippen molar-refractivity contribution in [2.24, 2.45) is 0 Å². The van der Waals surface area contributed by atoms with Crippen molar-refractivity contribution in [2.45, 2.75) is 45.4 Å². The molecule has 3 aromatic rings. The molecule has 2 heterocycles. The molecule has 1 N–H and O–H groups in total. The molecule has 1 fully saturated rings. The van der Waals surface area contributed by atoms with Crippen LogP contribution in [0.1, 0.15) is 37.3 Å². The molecule has 0 aliphatic carbocycles. The third-order valence-corrected chi connectivity index (χ3v) is 6.02. The Hall–Kier alpha value is -2.67. The van der Waals surface area contributed by atoms with Gasteiger partial charge in [0.05, 0.1) is 24.9 Å². The highest BCUT2D eigenvalue weighted by Gasteiger charge is 2.26. The van der Waals surface area contributed by atoms with Gasteiger partial charge >= 0.3 is 0 Å². The summed E-state index contributed by atoms with van der Waals surface area (Å²) in [6, 6.07) is 20.3. The van der Waals surface area contributed by atoms with E-state index in [-0.39, 0.29) is 0 Å². The lowest BCUT2D eigenvalue weighted by Gasteiger charge is -2.26. The molecular weight excluding hydrogens is 414 g/mol. The summed E-state index contributed by atoms with van der Waals surface area (Å²) in [5.74, 6) is 0.877. The van der Waals surface area contributed by atoms with Crippen LogP contribution in [0.25, 0.3) is 11.3 Å². The van der Waals surface area contributed by atoms with E-state index in [4.69, 9.17) is 9.26 Å². The van der Waals surface area contributed by atoms with Crippen LogP contribution in [0.4, 0.5) is 5.88 Å². The Morgan fingerprint density at radius 2 is 1.76 bits per heavy atom. The van der Waals surface area contributed by atoms with Gasteiger partial charge in [0, 0.05) is 31.7 Å². The molecule has 1 aliphatic rings. The minimum absolute atomic E-state index is 0.309. The number of nitrogens with zero attached hydrogens (tertiary/aromatic N) is 3. The largest absolute Gasteiger partial charge is 0.389 e. The number of aliphatic hydroxyl groups excluding tert-OH is 1. The van der Waals surface area contributed by atoms with E-state index in [0.717, 1.165) is 54.3 Å². The number of benzene rings is 2. The molecule has 1 atom stereocenters. The molecule has 6 nitrogen and oxygen atoms in total.